The number of nitrogens with two attached hydrogens (primary N) is 1. The number of hydrogen-bond donors (Lipinski definition) is 1. The van der Waals surface area contributed by atoms with Crippen molar-refractivity contribution < 1.29 is 4.39 Å². The van der Waals surface area contributed by atoms with Crippen LogP contribution in [0.3, 0.4) is 0 Å². The third-order valence-electron chi connectivity index (χ3n) is 4.53. The first-order chi connectivity index (χ1) is 9.13. The molecule has 1 aromatic rings. The molecule has 2 atom stereocenters. The zero-order valence-electron chi connectivity index (χ0n) is 10.9. The molecule has 1 aliphatic carbocycles. The van der Waals surface area contributed by atoms with Crippen LogP contribution < -0.4 is 5.73 Å². The summed E-state index contributed by atoms with van der Waals surface area (Å²) in [5.74, 6) is 1.50. The maximum atomic E-state index is 14.0. The first-order valence-electron chi connectivity index (χ1n) is 6.94. The highest BCUT2D eigenvalue weighted by atomic mass is 32.1. The van der Waals surface area contributed by atoms with E-state index >= 15 is 0 Å². The maximum Gasteiger partial charge on any atom is 0.128 e. The van der Waals surface area contributed by atoms with E-state index < -0.39 is 0 Å². The van der Waals surface area contributed by atoms with Crippen LogP contribution in [0, 0.1) is 17.7 Å². The van der Waals surface area contributed by atoms with Gasteiger partial charge < -0.3 is 5.73 Å². The molecule has 0 radical (unpaired) electrons. The number of likely N-dealkylation sites (tertiary alicyclic amines) is 1. The summed E-state index contributed by atoms with van der Waals surface area (Å²) >= 11 is 4.86. The van der Waals surface area contributed by atoms with E-state index in [-0.39, 0.29) is 10.8 Å². The Morgan fingerprint density at radius 1 is 1.32 bits per heavy atom. The summed E-state index contributed by atoms with van der Waals surface area (Å²) in [6, 6.07) is 5.09. The second-order valence-electron chi connectivity index (χ2n) is 5.82. The van der Waals surface area contributed by atoms with Gasteiger partial charge in [0.05, 0.1) is 0 Å². The Morgan fingerprint density at radius 3 is 2.58 bits per heavy atom. The lowest BCUT2D eigenvalue weighted by molar-refractivity contribution is 0.299. The van der Waals surface area contributed by atoms with Crippen LogP contribution in [-0.4, -0.2) is 23.0 Å². The van der Waals surface area contributed by atoms with Crippen LogP contribution in [0.4, 0.5) is 4.39 Å². The molecule has 0 spiro atoms. The minimum atomic E-state index is -0.192. The molecule has 1 saturated carbocycles. The summed E-state index contributed by atoms with van der Waals surface area (Å²) in [6.07, 6.45) is 4.08. The highest BCUT2D eigenvalue weighted by Gasteiger charge is 2.35. The Hall–Kier alpha value is -1.00. The van der Waals surface area contributed by atoms with Gasteiger partial charge in [-0.25, -0.2) is 4.39 Å². The van der Waals surface area contributed by atoms with Crippen molar-refractivity contribution in [1.82, 2.24) is 4.90 Å². The van der Waals surface area contributed by atoms with Crippen LogP contribution in [0.15, 0.2) is 18.2 Å². The average Bonchev–Trinajstić information content (AvgIpc) is 2.92. The molecule has 1 heterocycles. The van der Waals surface area contributed by atoms with E-state index in [1.807, 2.05) is 12.1 Å². The molecule has 1 aliphatic heterocycles. The molecule has 1 aromatic carbocycles. The number of hydrogen-bond acceptors (Lipinski definition) is 2. The van der Waals surface area contributed by atoms with Crippen molar-refractivity contribution in [2.75, 3.05) is 13.1 Å². The molecule has 3 rings (SSSR count). The zero-order chi connectivity index (χ0) is 13.4. The lowest BCUT2D eigenvalue weighted by atomic mass is 10.0. The molecular formula is C15H19FN2S. The molecule has 2 N–H and O–H groups in total. The standard InChI is InChI=1S/C15H19FN2S/c16-14-6-10(15(17)19)4-5-13(14)9-18-7-11-2-1-3-12(11)8-18/h4-6,11-12H,1-3,7-9H2,(H2,17,19). The van der Waals surface area contributed by atoms with Crippen LogP contribution >= 0.6 is 12.2 Å². The first kappa shape index (κ1) is 13.0. The number of thiocarbonyl (C=S) groups is 1. The highest BCUT2D eigenvalue weighted by molar-refractivity contribution is 7.80. The van der Waals surface area contributed by atoms with E-state index in [1.165, 1.54) is 25.3 Å². The van der Waals surface area contributed by atoms with Crippen molar-refractivity contribution in [3.63, 3.8) is 0 Å². The molecule has 0 bridgehead atoms. The largest absolute Gasteiger partial charge is 0.389 e. The van der Waals surface area contributed by atoms with Crippen molar-refractivity contribution in [3.05, 3.63) is 35.1 Å². The number of benzene rings is 1. The normalized spacial score (nSPS) is 26.6. The molecule has 2 nitrogen and oxygen atoms in total. The van der Waals surface area contributed by atoms with Gasteiger partial charge in [-0.2, -0.15) is 0 Å². The fourth-order valence-electron chi connectivity index (χ4n) is 3.53. The fraction of sp³-hybridized carbons (Fsp3) is 0.533. The lowest BCUT2D eigenvalue weighted by Gasteiger charge is -2.17. The van der Waals surface area contributed by atoms with Gasteiger partial charge in [0.1, 0.15) is 10.8 Å². The second-order valence-corrected chi connectivity index (χ2v) is 6.26. The van der Waals surface area contributed by atoms with Crippen molar-refractivity contribution >= 4 is 17.2 Å². The summed E-state index contributed by atoms with van der Waals surface area (Å²) in [5.41, 5.74) is 6.87. The third-order valence-corrected chi connectivity index (χ3v) is 4.77. The van der Waals surface area contributed by atoms with Crippen LogP contribution in [0.25, 0.3) is 0 Å². The number of fused-ring (bicyclic) bond motifs is 1. The second kappa shape index (κ2) is 5.17. The maximum absolute atomic E-state index is 14.0. The molecule has 2 fully saturated rings. The molecule has 1 saturated heterocycles. The molecule has 2 unspecified atom stereocenters. The Bertz CT molecular complexity index is 491. The predicted molar refractivity (Wildman–Crippen MR) is 78.4 cm³/mol. The lowest BCUT2D eigenvalue weighted by Crippen LogP contribution is -2.22. The Kier molecular flexibility index (Phi) is 3.54. The zero-order valence-corrected chi connectivity index (χ0v) is 11.8. The molecule has 2 aliphatic rings. The van der Waals surface area contributed by atoms with Gasteiger partial charge in [0.2, 0.25) is 0 Å². The van der Waals surface area contributed by atoms with Crippen molar-refractivity contribution in [2.45, 2.75) is 25.8 Å². The summed E-state index contributed by atoms with van der Waals surface area (Å²) < 4.78 is 14.0. The minimum Gasteiger partial charge on any atom is -0.389 e. The monoisotopic (exact) mass is 278 g/mol. The van der Waals surface area contributed by atoms with E-state index in [4.69, 9.17) is 18.0 Å². The minimum absolute atomic E-state index is 0.192. The van der Waals surface area contributed by atoms with E-state index in [0.717, 1.165) is 30.5 Å². The van der Waals surface area contributed by atoms with E-state index in [9.17, 15) is 4.39 Å². The highest BCUT2D eigenvalue weighted by Crippen LogP contribution is 2.38. The summed E-state index contributed by atoms with van der Waals surface area (Å²) in [5, 5.41) is 0. The van der Waals surface area contributed by atoms with Crippen LogP contribution in [0.2, 0.25) is 0 Å². The quantitative estimate of drug-likeness (QED) is 0.862. The first-order valence-corrected chi connectivity index (χ1v) is 7.35. The fourth-order valence-corrected chi connectivity index (χ4v) is 3.66. The third kappa shape index (κ3) is 2.65. The van der Waals surface area contributed by atoms with Crippen molar-refractivity contribution in [2.24, 2.45) is 17.6 Å². The van der Waals surface area contributed by atoms with Gasteiger partial charge >= 0.3 is 0 Å². The Balaban J connectivity index is 1.69. The number of nitrogens with zero attached hydrogens (tertiary/aromatic N) is 1. The van der Waals surface area contributed by atoms with E-state index in [1.54, 1.807) is 0 Å². The van der Waals surface area contributed by atoms with Gasteiger partial charge in [0, 0.05) is 30.8 Å². The van der Waals surface area contributed by atoms with Crippen LogP contribution in [0.1, 0.15) is 30.4 Å². The smallest absolute Gasteiger partial charge is 0.128 e. The molecule has 102 valence electrons. The molecule has 0 amide bonds. The van der Waals surface area contributed by atoms with Gasteiger partial charge in [-0.05, 0) is 30.7 Å². The van der Waals surface area contributed by atoms with Gasteiger partial charge in [0.25, 0.3) is 0 Å². The number of rotatable bonds is 3. The van der Waals surface area contributed by atoms with Crippen molar-refractivity contribution in [1.29, 1.82) is 0 Å². The average molecular weight is 278 g/mol. The summed E-state index contributed by atoms with van der Waals surface area (Å²) in [7, 11) is 0. The van der Waals surface area contributed by atoms with Crippen molar-refractivity contribution in [3.8, 4) is 0 Å². The summed E-state index contributed by atoms with van der Waals surface area (Å²) in [4.78, 5) is 2.63. The summed E-state index contributed by atoms with van der Waals surface area (Å²) in [6.45, 7) is 2.96. The molecule has 4 heteroatoms. The van der Waals surface area contributed by atoms with Gasteiger partial charge in [-0.3, -0.25) is 4.90 Å². The Labute approximate surface area is 118 Å². The van der Waals surface area contributed by atoms with Gasteiger partial charge in [0.15, 0.2) is 0 Å². The molecular weight excluding hydrogens is 259 g/mol. The Morgan fingerprint density at radius 2 is 2.00 bits per heavy atom. The van der Waals surface area contributed by atoms with E-state index in [2.05, 4.69) is 4.90 Å². The topological polar surface area (TPSA) is 29.3 Å². The van der Waals surface area contributed by atoms with Crippen LogP contribution in [0.5, 0.6) is 0 Å². The van der Waals surface area contributed by atoms with Gasteiger partial charge in [-0.15, -0.1) is 0 Å². The SMILES string of the molecule is NC(=S)c1ccc(CN2CC3CCCC3C2)c(F)c1. The van der Waals surface area contributed by atoms with Gasteiger partial charge in [-0.1, -0.05) is 30.8 Å². The molecule has 19 heavy (non-hydrogen) atoms. The van der Waals surface area contributed by atoms with E-state index in [0.29, 0.717) is 12.1 Å². The predicted octanol–water partition coefficient (Wildman–Crippen LogP) is 2.69. The number of halogens is 1. The van der Waals surface area contributed by atoms with Crippen LogP contribution in [-0.2, 0) is 6.54 Å². The molecule has 0 aromatic heterocycles.